The SMILES string of the molecule is COCOc1ccc(CCN(C(=O)O)S(=O)(=O)NCCOC(C)C)c(Oc2ncc(C(F)(F)F)cc2Cl)c1. The fourth-order valence-electron chi connectivity index (χ4n) is 2.90. The van der Waals surface area contributed by atoms with E-state index in [0.717, 1.165) is 0 Å². The van der Waals surface area contributed by atoms with E-state index in [1.807, 2.05) is 0 Å². The molecule has 1 aromatic carbocycles. The molecule has 0 atom stereocenters. The Morgan fingerprint density at radius 2 is 1.97 bits per heavy atom. The lowest BCUT2D eigenvalue weighted by Crippen LogP contribution is -2.45. The molecule has 2 N–H and O–H groups in total. The number of carbonyl (C=O) groups is 1. The fraction of sp³-hybridized carbons (Fsp3) is 0.455. The first kappa shape index (κ1) is 31.4. The van der Waals surface area contributed by atoms with Crippen molar-refractivity contribution in [3.05, 3.63) is 46.6 Å². The van der Waals surface area contributed by atoms with Crippen LogP contribution in [0.1, 0.15) is 25.0 Å². The molecule has 0 radical (unpaired) electrons. The first-order valence-electron chi connectivity index (χ1n) is 11.0. The molecule has 0 bridgehead atoms. The van der Waals surface area contributed by atoms with E-state index in [2.05, 4.69) is 9.71 Å². The van der Waals surface area contributed by atoms with Crippen LogP contribution in [0.3, 0.4) is 0 Å². The van der Waals surface area contributed by atoms with E-state index < -0.39 is 39.6 Å². The third-order valence-corrected chi connectivity index (χ3v) is 6.41. The summed E-state index contributed by atoms with van der Waals surface area (Å²) in [6, 6.07) is 4.95. The van der Waals surface area contributed by atoms with Crippen LogP contribution in [-0.2, 0) is 32.3 Å². The van der Waals surface area contributed by atoms with E-state index in [4.69, 9.17) is 30.5 Å². The molecule has 0 unspecified atom stereocenters. The van der Waals surface area contributed by atoms with Crippen molar-refractivity contribution in [3.63, 3.8) is 0 Å². The highest BCUT2D eigenvalue weighted by molar-refractivity contribution is 7.87. The molecule has 0 saturated carbocycles. The number of alkyl halides is 3. The maximum atomic E-state index is 13.0. The van der Waals surface area contributed by atoms with E-state index >= 15 is 0 Å². The minimum absolute atomic E-state index is 0.00575. The molecule has 212 valence electrons. The molecule has 16 heteroatoms. The van der Waals surface area contributed by atoms with Gasteiger partial charge >= 0.3 is 22.5 Å². The van der Waals surface area contributed by atoms with Crippen molar-refractivity contribution in [1.29, 1.82) is 0 Å². The van der Waals surface area contributed by atoms with Crippen LogP contribution < -0.4 is 14.2 Å². The van der Waals surface area contributed by atoms with Gasteiger partial charge in [0.15, 0.2) is 6.79 Å². The van der Waals surface area contributed by atoms with E-state index in [-0.39, 0.29) is 59.7 Å². The first-order chi connectivity index (χ1) is 17.7. The molecule has 0 saturated heterocycles. The van der Waals surface area contributed by atoms with Crippen molar-refractivity contribution < 1.29 is 50.4 Å². The second kappa shape index (κ2) is 13.8. The number of rotatable bonds is 14. The van der Waals surface area contributed by atoms with Crippen LogP contribution in [0, 0.1) is 0 Å². The quantitative estimate of drug-likeness (QED) is 0.245. The zero-order valence-corrected chi connectivity index (χ0v) is 22.2. The summed E-state index contributed by atoms with van der Waals surface area (Å²) in [5.74, 6) is -0.128. The average Bonchev–Trinajstić information content (AvgIpc) is 2.81. The summed E-state index contributed by atoms with van der Waals surface area (Å²) in [6.45, 7) is 2.76. The lowest BCUT2D eigenvalue weighted by Gasteiger charge is -2.21. The highest BCUT2D eigenvalue weighted by Crippen LogP contribution is 2.36. The predicted molar refractivity (Wildman–Crippen MR) is 130 cm³/mol. The van der Waals surface area contributed by atoms with Gasteiger partial charge in [-0.15, -0.1) is 0 Å². The average molecular weight is 586 g/mol. The van der Waals surface area contributed by atoms with Crippen molar-refractivity contribution >= 4 is 27.9 Å². The zero-order chi connectivity index (χ0) is 28.5. The van der Waals surface area contributed by atoms with Gasteiger partial charge in [-0.05, 0) is 38.0 Å². The molecule has 38 heavy (non-hydrogen) atoms. The van der Waals surface area contributed by atoms with Crippen LogP contribution in [-0.4, -0.2) is 68.6 Å². The third kappa shape index (κ3) is 9.47. The molecule has 2 rings (SSSR count). The van der Waals surface area contributed by atoms with E-state index in [1.165, 1.54) is 25.3 Å². The van der Waals surface area contributed by atoms with E-state index in [1.54, 1.807) is 13.8 Å². The second-order valence-corrected chi connectivity index (χ2v) is 9.94. The summed E-state index contributed by atoms with van der Waals surface area (Å²) in [7, 11) is -3.03. The van der Waals surface area contributed by atoms with Gasteiger partial charge < -0.3 is 24.1 Å². The molecule has 1 aromatic heterocycles. The Labute approximate surface area is 222 Å². The van der Waals surface area contributed by atoms with Crippen molar-refractivity contribution in [3.8, 4) is 17.4 Å². The summed E-state index contributed by atoms with van der Waals surface area (Å²) in [5.41, 5.74) is -0.794. The number of aromatic nitrogens is 1. The van der Waals surface area contributed by atoms with Gasteiger partial charge in [-0.2, -0.15) is 30.6 Å². The van der Waals surface area contributed by atoms with Crippen LogP contribution in [0.5, 0.6) is 17.4 Å². The Bertz CT molecular complexity index is 1200. The molecule has 11 nitrogen and oxygen atoms in total. The molecule has 1 amide bonds. The van der Waals surface area contributed by atoms with E-state index in [9.17, 15) is 31.5 Å². The van der Waals surface area contributed by atoms with Crippen molar-refractivity contribution in [1.82, 2.24) is 14.0 Å². The smallest absolute Gasteiger partial charge is 0.422 e. The summed E-state index contributed by atoms with van der Waals surface area (Å²) in [6.07, 6.45) is -6.17. The maximum absolute atomic E-state index is 13.0. The number of halogens is 4. The van der Waals surface area contributed by atoms with Gasteiger partial charge in [-0.25, -0.2) is 9.78 Å². The number of hydrogen-bond acceptors (Lipinski definition) is 8. The molecule has 1 heterocycles. The molecule has 0 aliphatic heterocycles. The van der Waals surface area contributed by atoms with Crippen LogP contribution in [0.2, 0.25) is 5.02 Å². The minimum Gasteiger partial charge on any atom is -0.467 e. The van der Waals surface area contributed by atoms with Gasteiger partial charge in [0.25, 0.3) is 0 Å². The third-order valence-electron chi connectivity index (χ3n) is 4.65. The molecule has 0 spiro atoms. The predicted octanol–water partition coefficient (Wildman–Crippen LogP) is 4.31. The van der Waals surface area contributed by atoms with Crippen LogP contribution in [0.4, 0.5) is 18.0 Å². The molecule has 0 fully saturated rings. The number of nitrogens with one attached hydrogen (secondary N) is 1. The Hall–Kier alpha value is -2.85. The van der Waals surface area contributed by atoms with Crippen LogP contribution in [0.15, 0.2) is 30.5 Å². The second-order valence-electron chi connectivity index (χ2n) is 7.85. The highest BCUT2D eigenvalue weighted by Gasteiger charge is 2.32. The van der Waals surface area contributed by atoms with Crippen LogP contribution in [0.25, 0.3) is 0 Å². The summed E-state index contributed by atoms with van der Waals surface area (Å²) in [4.78, 5) is 15.3. The Morgan fingerprint density at radius 1 is 1.26 bits per heavy atom. The first-order valence-corrected chi connectivity index (χ1v) is 12.8. The van der Waals surface area contributed by atoms with Gasteiger partial charge in [0.2, 0.25) is 5.88 Å². The van der Waals surface area contributed by atoms with E-state index in [0.29, 0.717) is 12.3 Å². The lowest BCUT2D eigenvalue weighted by atomic mass is 10.1. The van der Waals surface area contributed by atoms with Crippen LogP contribution >= 0.6 is 11.6 Å². The Morgan fingerprint density at radius 3 is 2.55 bits per heavy atom. The number of carboxylic acid groups (broad SMARTS) is 1. The fourth-order valence-corrected chi connectivity index (χ4v) is 4.14. The number of benzene rings is 1. The Kier molecular flexibility index (Phi) is 11.4. The largest absolute Gasteiger partial charge is 0.467 e. The molecular weight excluding hydrogens is 559 g/mol. The summed E-state index contributed by atoms with van der Waals surface area (Å²) in [5, 5.41) is 9.06. The standard InChI is InChI=1S/C22H27ClF3N3O8S/c1-14(2)35-9-7-28-38(32,33)29(21(30)31)8-6-15-4-5-17(36-13-34-3)11-19(15)37-20-18(23)10-16(12-27-20)22(24,25)26/h4-5,10-12,14,28H,6-9,13H2,1-3H3,(H,30,31). The maximum Gasteiger partial charge on any atom is 0.422 e. The number of methoxy groups -OCH3 is 1. The van der Waals surface area contributed by atoms with Crippen molar-refractivity contribution in [2.45, 2.75) is 32.5 Å². The van der Waals surface area contributed by atoms with Gasteiger partial charge in [0.1, 0.15) is 16.5 Å². The summed E-state index contributed by atoms with van der Waals surface area (Å²) >= 11 is 5.95. The number of amides is 1. The molecule has 0 aliphatic carbocycles. The number of pyridine rings is 1. The molecule has 0 aliphatic rings. The van der Waals surface area contributed by atoms with Crippen molar-refractivity contribution in [2.75, 3.05) is 33.6 Å². The molecule has 2 aromatic rings. The number of ether oxygens (including phenoxy) is 4. The topological polar surface area (TPSA) is 137 Å². The normalized spacial score (nSPS) is 12.0. The van der Waals surface area contributed by atoms with Gasteiger partial charge in [-0.3, -0.25) is 0 Å². The zero-order valence-electron chi connectivity index (χ0n) is 20.6. The van der Waals surface area contributed by atoms with Gasteiger partial charge in [-0.1, -0.05) is 17.7 Å². The van der Waals surface area contributed by atoms with Gasteiger partial charge in [0, 0.05) is 32.5 Å². The number of nitrogens with zero attached hydrogens (tertiary/aromatic N) is 2. The Balaban J connectivity index is 2.28. The van der Waals surface area contributed by atoms with Gasteiger partial charge in [0.05, 0.1) is 18.3 Å². The number of hydrogen-bond donors (Lipinski definition) is 2. The molecular formula is C22H27ClF3N3O8S. The minimum atomic E-state index is -4.67. The lowest BCUT2D eigenvalue weighted by molar-refractivity contribution is -0.137. The van der Waals surface area contributed by atoms with Crippen molar-refractivity contribution in [2.24, 2.45) is 0 Å². The summed E-state index contributed by atoms with van der Waals surface area (Å²) < 4.78 is 87.4. The highest BCUT2D eigenvalue weighted by atomic mass is 35.5. The monoisotopic (exact) mass is 585 g/mol.